The van der Waals surface area contributed by atoms with Crippen LogP contribution in [0.1, 0.15) is 5.56 Å². The quantitative estimate of drug-likeness (QED) is 0.110. The van der Waals surface area contributed by atoms with Gasteiger partial charge in [-0.05, 0) is 12.1 Å². The molecule has 6 aromatic carbocycles. The van der Waals surface area contributed by atoms with E-state index in [1.54, 1.807) is 30.3 Å². The van der Waals surface area contributed by atoms with Crippen LogP contribution in [0.5, 0.6) is 0 Å². The molecule has 0 aliphatic heterocycles. The van der Waals surface area contributed by atoms with E-state index < -0.39 is 34.4 Å². The topological polar surface area (TPSA) is 62.5 Å². The number of hydrogen-bond acceptors (Lipinski definition) is 4. The number of para-hydroxylation sites is 1. The molecule has 0 fully saturated rings. The van der Waals surface area contributed by atoms with Crippen molar-refractivity contribution in [1.82, 2.24) is 15.0 Å². The van der Waals surface area contributed by atoms with Crippen molar-refractivity contribution in [1.29, 1.82) is 5.26 Å². The van der Waals surface area contributed by atoms with E-state index in [0.29, 0.717) is 44.5 Å². The van der Waals surface area contributed by atoms with Crippen molar-refractivity contribution in [3.8, 4) is 51.0 Å². The van der Waals surface area contributed by atoms with Gasteiger partial charge < -0.3 is 0 Å². The summed E-state index contributed by atoms with van der Waals surface area (Å²) in [6.07, 6.45) is 0. The molecule has 0 aliphatic rings. The highest BCUT2D eigenvalue weighted by atomic mass is 19.2. The molecule has 228 valence electrons. The van der Waals surface area contributed by atoms with E-state index in [-0.39, 0.29) is 16.5 Å². The number of rotatable bonds is 4. The second-order valence-corrected chi connectivity index (χ2v) is 11.2. The Bertz CT molecular complexity index is 2570. The molecule has 0 saturated heterocycles. The van der Waals surface area contributed by atoms with E-state index in [9.17, 15) is 5.26 Å². The van der Waals surface area contributed by atoms with Crippen LogP contribution in [0.2, 0.25) is 0 Å². The summed E-state index contributed by atoms with van der Waals surface area (Å²) in [6, 6.07) is 37.7. The molecular formula is C40H20F4N4. The van der Waals surface area contributed by atoms with Gasteiger partial charge in [-0.25, -0.2) is 32.5 Å². The maximum Gasteiger partial charge on any atom is 0.180 e. The Morgan fingerprint density at radius 2 is 0.958 bits per heavy atom. The number of benzene rings is 6. The third-order valence-electron chi connectivity index (χ3n) is 8.39. The fraction of sp³-hybridized carbons (Fsp3) is 0. The molecule has 0 atom stereocenters. The normalized spacial score (nSPS) is 11.3. The van der Waals surface area contributed by atoms with Gasteiger partial charge in [-0.15, -0.1) is 0 Å². The first kappa shape index (κ1) is 29.0. The van der Waals surface area contributed by atoms with Gasteiger partial charge in [0, 0.05) is 38.4 Å². The molecule has 0 spiro atoms. The highest BCUT2D eigenvalue weighted by molar-refractivity contribution is 6.25. The lowest BCUT2D eigenvalue weighted by atomic mass is 9.90. The summed E-state index contributed by atoms with van der Waals surface area (Å²) in [7, 11) is 0. The molecule has 48 heavy (non-hydrogen) atoms. The van der Waals surface area contributed by atoms with Gasteiger partial charge in [0.05, 0.1) is 39.2 Å². The Morgan fingerprint density at radius 3 is 1.52 bits per heavy atom. The number of halogens is 4. The van der Waals surface area contributed by atoms with Gasteiger partial charge in [-0.2, -0.15) is 5.26 Å². The van der Waals surface area contributed by atoms with Crippen LogP contribution in [-0.4, -0.2) is 15.0 Å². The molecule has 4 nitrogen and oxygen atoms in total. The largest absolute Gasteiger partial charge is 0.247 e. The summed E-state index contributed by atoms with van der Waals surface area (Å²) in [6.45, 7) is 0. The molecule has 2 heterocycles. The van der Waals surface area contributed by atoms with E-state index >= 15 is 17.6 Å². The Kier molecular flexibility index (Phi) is 6.89. The summed E-state index contributed by atoms with van der Waals surface area (Å²) in [5, 5.41) is 10.6. The van der Waals surface area contributed by atoms with Gasteiger partial charge in [0.2, 0.25) is 0 Å². The zero-order chi connectivity index (χ0) is 32.9. The third kappa shape index (κ3) is 4.48. The molecule has 0 N–H and O–H groups in total. The van der Waals surface area contributed by atoms with Gasteiger partial charge in [0.1, 0.15) is 11.6 Å². The Morgan fingerprint density at radius 1 is 0.479 bits per heavy atom. The van der Waals surface area contributed by atoms with Crippen LogP contribution < -0.4 is 0 Å². The van der Waals surface area contributed by atoms with Crippen LogP contribution in [0.25, 0.3) is 77.6 Å². The Balaban J connectivity index is 1.65. The maximum absolute atomic E-state index is 16.0. The minimum absolute atomic E-state index is 0.187. The van der Waals surface area contributed by atoms with E-state index in [1.807, 2.05) is 84.9 Å². The molecule has 0 aliphatic carbocycles. The van der Waals surface area contributed by atoms with Gasteiger partial charge in [-0.1, -0.05) is 109 Å². The van der Waals surface area contributed by atoms with Gasteiger partial charge >= 0.3 is 0 Å². The van der Waals surface area contributed by atoms with Gasteiger partial charge in [0.25, 0.3) is 0 Å². The van der Waals surface area contributed by atoms with Crippen molar-refractivity contribution >= 4 is 32.7 Å². The molecule has 2 aromatic heterocycles. The zero-order valence-electron chi connectivity index (χ0n) is 24.8. The average molecular weight is 633 g/mol. The first-order valence-corrected chi connectivity index (χ1v) is 15.0. The number of hydrogen-bond donors (Lipinski definition) is 0. The van der Waals surface area contributed by atoms with Gasteiger partial charge in [-0.3, -0.25) is 0 Å². The average Bonchev–Trinajstić information content (AvgIpc) is 3.14. The first-order valence-electron chi connectivity index (χ1n) is 15.0. The highest BCUT2D eigenvalue weighted by Crippen LogP contribution is 2.45. The van der Waals surface area contributed by atoms with E-state index in [2.05, 4.69) is 0 Å². The highest BCUT2D eigenvalue weighted by Gasteiger charge is 2.30. The molecule has 0 radical (unpaired) electrons. The van der Waals surface area contributed by atoms with Gasteiger partial charge in [0.15, 0.2) is 23.3 Å². The molecule has 0 saturated carbocycles. The number of nitriles is 1. The van der Waals surface area contributed by atoms with Crippen molar-refractivity contribution in [2.45, 2.75) is 0 Å². The van der Waals surface area contributed by atoms with Crippen LogP contribution >= 0.6 is 0 Å². The minimum atomic E-state index is -1.79. The van der Waals surface area contributed by atoms with Crippen LogP contribution in [0.3, 0.4) is 0 Å². The lowest BCUT2D eigenvalue weighted by Gasteiger charge is -2.19. The van der Waals surface area contributed by atoms with E-state index in [4.69, 9.17) is 15.0 Å². The number of nitrogens with zero attached hydrogens (tertiary/aromatic N) is 4. The summed E-state index contributed by atoms with van der Waals surface area (Å²) in [4.78, 5) is 15.2. The molecule has 0 unspecified atom stereocenters. The summed E-state index contributed by atoms with van der Waals surface area (Å²) in [5.74, 6) is -6.97. The monoisotopic (exact) mass is 632 g/mol. The molecule has 0 bridgehead atoms. The number of pyridine rings is 1. The van der Waals surface area contributed by atoms with Crippen LogP contribution in [0, 0.1) is 34.6 Å². The molecular weight excluding hydrogens is 612 g/mol. The van der Waals surface area contributed by atoms with Crippen molar-refractivity contribution in [2.24, 2.45) is 0 Å². The summed E-state index contributed by atoms with van der Waals surface area (Å²) >= 11 is 0. The zero-order valence-corrected chi connectivity index (χ0v) is 24.8. The molecule has 8 aromatic rings. The summed E-state index contributed by atoms with van der Waals surface area (Å²) < 4.78 is 62.5. The Labute approximate surface area is 271 Å². The number of aromatic nitrogens is 3. The molecule has 8 rings (SSSR count). The predicted octanol–water partition coefficient (Wildman–Crippen LogP) is 10.4. The second-order valence-electron chi connectivity index (χ2n) is 11.2. The van der Waals surface area contributed by atoms with Crippen LogP contribution in [0.4, 0.5) is 17.6 Å². The van der Waals surface area contributed by atoms with Crippen molar-refractivity contribution in [3.05, 3.63) is 150 Å². The fourth-order valence-electron chi connectivity index (χ4n) is 6.23. The predicted molar refractivity (Wildman–Crippen MR) is 179 cm³/mol. The van der Waals surface area contributed by atoms with Crippen LogP contribution in [0.15, 0.2) is 121 Å². The van der Waals surface area contributed by atoms with E-state index in [1.165, 1.54) is 12.1 Å². The molecule has 0 amide bonds. The second kappa shape index (κ2) is 11.4. The Hall–Kier alpha value is -6.46. The molecule has 8 heteroatoms. The third-order valence-corrected chi connectivity index (χ3v) is 8.39. The first-order chi connectivity index (χ1) is 23.5. The lowest BCUT2D eigenvalue weighted by Crippen LogP contribution is -2.06. The van der Waals surface area contributed by atoms with Crippen LogP contribution in [-0.2, 0) is 0 Å². The maximum atomic E-state index is 16.0. The fourth-order valence-corrected chi connectivity index (χ4v) is 6.23. The number of fused-ring (bicyclic) bond motifs is 5. The van der Waals surface area contributed by atoms with Crippen molar-refractivity contribution in [2.75, 3.05) is 0 Å². The van der Waals surface area contributed by atoms with E-state index in [0.717, 1.165) is 11.1 Å². The van der Waals surface area contributed by atoms with Crippen molar-refractivity contribution < 1.29 is 17.6 Å². The lowest BCUT2D eigenvalue weighted by molar-refractivity contribution is 0.454. The smallest absolute Gasteiger partial charge is 0.180 e. The standard InChI is InChI=1S/C40H20F4N4/c41-33-27(21-45)34(42)36(44)32(35(33)43)26-20-29-40(48-39(24-16-8-3-9-17-24)38(47-29)23-14-6-2-7-15-23)30-25-18-10-11-19-28(25)46-37(31(26)30)22-12-4-1-5-13-22/h1-20H. The van der Waals surface area contributed by atoms with Crippen molar-refractivity contribution in [3.63, 3.8) is 0 Å². The minimum Gasteiger partial charge on any atom is -0.247 e. The summed E-state index contributed by atoms with van der Waals surface area (Å²) in [5.41, 5.74) is 2.21. The SMILES string of the molecule is N#Cc1c(F)c(F)c(-c2cc3nc(-c4ccccc4)c(-c4ccccc4)nc3c3c2c(-c2ccccc2)nc2ccccc23)c(F)c1F.